The van der Waals surface area contributed by atoms with Crippen LogP contribution in [0.5, 0.6) is 0 Å². The van der Waals surface area contributed by atoms with Crippen LogP contribution in [-0.2, 0) is 6.16 Å². The molecule has 0 atom stereocenters. The molecule has 0 bridgehead atoms. The Morgan fingerprint density at radius 1 is 1.14 bits per heavy atom. The molecule has 0 aromatic heterocycles. The van der Waals surface area contributed by atoms with Crippen molar-refractivity contribution >= 4 is 19.0 Å². The van der Waals surface area contributed by atoms with Crippen molar-refractivity contribution in [3.63, 3.8) is 0 Å². The van der Waals surface area contributed by atoms with E-state index in [4.69, 9.17) is 0 Å². The summed E-state index contributed by atoms with van der Waals surface area (Å²) in [5.41, 5.74) is 1.42. The van der Waals surface area contributed by atoms with Gasteiger partial charge in [0.25, 0.3) is 0 Å². The molecule has 0 saturated carbocycles. The second-order valence-corrected chi connectivity index (χ2v) is 12.3. The van der Waals surface area contributed by atoms with Gasteiger partial charge in [0.15, 0.2) is 0 Å². The number of hydrogen-bond acceptors (Lipinski definition) is 0. The van der Waals surface area contributed by atoms with Gasteiger partial charge in [0.05, 0.1) is 0 Å². The zero-order chi connectivity index (χ0) is 9.97. The van der Waals surface area contributed by atoms with E-state index in [1.54, 1.807) is 0 Å². The van der Waals surface area contributed by atoms with E-state index in [0.29, 0.717) is 0 Å². The van der Waals surface area contributed by atoms with Gasteiger partial charge in [-0.2, -0.15) is 0 Å². The van der Waals surface area contributed by atoms with Crippen molar-refractivity contribution in [2.24, 2.45) is 0 Å². The van der Waals surface area contributed by atoms with E-state index in [0.717, 1.165) is 6.16 Å². The topological polar surface area (TPSA) is 0 Å². The van der Waals surface area contributed by atoms with E-state index in [2.05, 4.69) is 62.7 Å². The van der Waals surface area contributed by atoms with Crippen LogP contribution in [0.25, 0.3) is 0 Å². The van der Waals surface area contributed by atoms with Gasteiger partial charge in [0.2, 0.25) is 0 Å². The van der Waals surface area contributed by atoms with E-state index in [1.807, 2.05) is 0 Å². The van der Waals surface area contributed by atoms with E-state index in [9.17, 15) is 0 Å². The predicted molar refractivity (Wildman–Crippen MR) is 72.3 cm³/mol. The Bertz CT molecular complexity index is 295. The molecule has 0 fully saturated rings. The van der Waals surface area contributed by atoms with Crippen LogP contribution in [0, 0.1) is 0 Å². The third-order valence-electron chi connectivity index (χ3n) is 2.27. The van der Waals surface area contributed by atoms with Gasteiger partial charge in [0.1, 0.15) is 0 Å². The molecule has 0 N–H and O–H groups in total. The van der Waals surface area contributed by atoms with E-state index in [-0.39, 0.29) is 12.4 Å². The van der Waals surface area contributed by atoms with Gasteiger partial charge in [0, 0.05) is 0 Å². The molecule has 0 unspecified atom stereocenters. The summed E-state index contributed by atoms with van der Waals surface area (Å²) in [6.07, 6.45) is 1.16. The average Bonchev–Trinajstić information content (AvgIpc) is 2.05. The van der Waals surface area contributed by atoms with Crippen LogP contribution in [0.2, 0.25) is 0 Å². The Kier molecular flexibility index (Phi) is 4.36. The van der Waals surface area contributed by atoms with Gasteiger partial charge in [-0.3, -0.25) is 0 Å². The molecule has 0 spiro atoms. The summed E-state index contributed by atoms with van der Waals surface area (Å²) in [6, 6.07) is 10.7. The van der Waals surface area contributed by atoms with Crippen molar-refractivity contribution in [1.82, 2.24) is 0 Å². The molecule has 0 nitrogen and oxygen atoms in total. The molecule has 1 aromatic rings. The van der Waals surface area contributed by atoms with Gasteiger partial charge >= 0.3 is 81.1 Å². The van der Waals surface area contributed by atoms with Gasteiger partial charge in [-0.25, -0.2) is 0 Å². The van der Waals surface area contributed by atoms with Gasteiger partial charge < -0.3 is 0 Å². The molecule has 14 heavy (non-hydrogen) atoms. The van der Waals surface area contributed by atoms with Crippen molar-refractivity contribution in [3.8, 4) is 0 Å². The molecule has 0 saturated heterocycles. The van der Waals surface area contributed by atoms with E-state index in [1.165, 1.54) is 5.56 Å². The summed E-state index contributed by atoms with van der Waals surface area (Å²) in [5, 5.41) is 0. The molecule has 0 aliphatic carbocycles. The molecule has 1 aromatic carbocycles. The molecule has 2 heteroatoms. The van der Waals surface area contributed by atoms with E-state index < -0.39 is 6.60 Å². The maximum absolute atomic E-state index is 3.96. The zero-order valence-electron chi connectivity index (χ0n) is 9.23. The predicted octanol–water partition coefficient (Wildman–Crippen LogP) is 4.19. The fourth-order valence-electron chi connectivity index (χ4n) is 1.30. The van der Waals surface area contributed by atoms with Gasteiger partial charge in [-0.1, -0.05) is 0 Å². The Hall–Kier alpha value is -0.320. The normalized spacial score (nSPS) is 13.5. The minimum Gasteiger partial charge on any atom is -0.147 e. The van der Waals surface area contributed by atoms with Crippen molar-refractivity contribution < 1.29 is 0 Å². The summed E-state index contributed by atoms with van der Waals surface area (Å²) in [5.74, 6) is 2.17. The molecule has 0 radical (unpaired) electrons. The number of rotatable bonds is 3. The number of hydrogen-bond donors (Lipinski definition) is 0. The second-order valence-electron chi connectivity index (χ2n) is 5.07. The Morgan fingerprint density at radius 2 is 1.64 bits per heavy atom. The summed E-state index contributed by atoms with van der Waals surface area (Å²) >= 11 is 0. The molecular formula is C12H20ClP. The summed E-state index contributed by atoms with van der Waals surface area (Å²) in [4.78, 5) is 0. The minimum absolute atomic E-state index is 0. The number of benzene rings is 1. The van der Waals surface area contributed by atoms with Gasteiger partial charge in [-0.05, 0) is 0 Å². The van der Waals surface area contributed by atoms with Crippen LogP contribution >= 0.6 is 19.0 Å². The summed E-state index contributed by atoms with van der Waals surface area (Å²) in [7, 11) is 0. The van der Waals surface area contributed by atoms with Crippen LogP contribution < -0.4 is 0 Å². The van der Waals surface area contributed by atoms with Crippen LogP contribution in [0.4, 0.5) is 0 Å². The fourth-order valence-corrected chi connectivity index (χ4v) is 2.95. The quantitative estimate of drug-likeness (QED) is 0.683. The second kappa shape index (κ2) is 4.47. The van der Waals surface area contributed by atoms with Crippen LogP contribution in [0.3, 0.4) is 0 Å². The maximum Gasteiger partial charge on any atom is -0.147 e. The average molecular weight is 231 g/mol. The Morgan fingerprint density at radius 3 is 2.07 bits per heavy atom. The van der Waals surface area contributed by atoms with Crippen molar-refractivity contribution in [3.05, 3.63) is 48.3 Å². The standard InChI is InChI=1S/C12H19P.ClH/c1-5-13(2,3,4)11-12-9-7-6-8-10-12;/h5-10H,1,11H2,2-4H3;1H. The summed E-state index contributed by atoms with van der Waals surface area (Å²) < 4.78 is 0. The monoisotopic (exact) mass is 230 g/mol. The van der Waals surface area contributed by atoms with Crippen molar-refractivity contribution in [2.75, 3.05) is 20.0 Å². The molecule has 0 aliphatic heterocycles. The van der Waals surface area contributed by atoms with Crippen molar-refractivity contribution in [2.45, 2.75) is 6.16 Å². The fraction of sp³-hybridized carbons (Fsp3) is 0.333. The van der Waals surface area contributed by atoms with Gasteiger partial charge in [-0.15, -0.1) is 12.4 Å². The first kappa shape index (κ1) is 13.7. The SMILES string of the molecule is C=CP(C)(C)(C)Cc1ccccc1.Cl. The molecular weight excluding hydrogens is 211 g/mol. The third kappa shape index (κ3) is 4.26. The van der Waals surface area contributed by atoms with Crippen LogP contribution in [0.1, 0.15) is 5.56 Å². The van der Waals surface area contributed by atoms with Crippen LogP contribution in [0.15, 0.2) is 42.7 Å². The minimum atomic E-state index is -1.62. The Balaban J connectivity index is 0.00000169. The molecule has 0 aliphatic rings. The molecule has 0 heterocycles. The first-order valence-corrected chi connectivity index (χ1v) is 8.42. The molecule has 1 rings (SSSR count). The first-order chi connectivity index (χ1) is 5.91. The Labute approximate surface area is 93.8 Å². The molecule has 80 valence electrons. The smallest absolute Gasteiger partial charge is 0.147 e. The maximum atomic E-state index is 3.96. The van der Waals surface area contributed by atoms with Crippen LogP contribution in [-0.4, -0.2) is 20.0 Å². The zero-order valence-corrected chi connectivity index (χ0v) is 10.9. The molecule has 0 amide bonds. The largest absolute Gasteiger partial charge is 0.147 e. The summed E-state index contributed by atoms with van der Waals surface area (Å²) in [6.45, 7) is 9.40. The number of halogens is 1. The van der Waals surface area contributed by atoms with E-state index >= 15 is 0 Å². The third-order valence-corrected chi connectivity index (χ3v) is 5.12. The first-order valence-electron chi connectivity index (χ1n) is 4.59. The van der Waals surface area contributed by atoms with Crippen molar-refractivity contribution in [1.29, 1.82) is 0 Å².